The summed E-state index contributed by atoms with van der Waals surface area (Å²) in [7, 11) is -1.12. The maximum Gasteiger partial charge on any atom is 0.277 e. The van der Waals surface area contributed by atoms with Crippen molar-refractivity contribution in [2.45, 2.75) is 4.90 Å². The highest BCUT2D eigenvalue weighted by molar-refractivity contribution is 7.92. The van der Waals surface area contributed by atoms with Gasteiger partial charge in [-0.15, -0.1) is 0 Å². The lowest BCUT2D eigenvalue weighted by Crippen LogP contribution is -2.16. The number of hydrogen-bond donors (Lipinski definition) is 2. The monoisotopic (exact) mass is 403 g/mol. The van der Waals surface area contributed by atoms with Gasteiger partial charge < -0.3 is 19.3 Å². The van der Waals surface area contributed by atoms with Crippen LogP contribution in [-0.2, 0) is 10.0 Å². The Balaban J connectivity index is 1.88. The zero-order valence-electron chi connectivity index (χ0n) is 15.0. The Hall–Kier alpha value is -3.53. The Morgan fingerprint density at radius 3 is 2.32 bits per heavy atom. The molecule has 0 aliphatic rings. The van der Waals surface area contributed by atoms with Crippen molar-refractivity contribution >= 4 is 27.3 Å². The number of ether oxygens (including phenoxy) is 2. The maximum atomic E-state index is 12.8. The molecule has 0 spiro atoms. The summed E-state index contributed by atoms with van der Waals surface area (Å²) in [5, 5.41) is 6.10. The van der Waals surface area contributed by atoms with Crippen LogP contribution >= 0.6 is 0 Å². The molecule has 0 bridgehead atoms. The number of aromatic nitrogens is 1. The van der Waals surface area contributed by atoms with E-state index in [-0.39, 0.29) is 22.0 Å². The minimum atomic E-state index is -3.99. The Morgan fingerprint density at radius 1 is 1.00 bits per heavy atom. The zero-order chi connectivity index (χ0) is 20.1. The Morgan fingerprint density at radius 2 is 1.71 bits per heavy atom. The molecule has 2 aromatic carbocycles. The molecule has 3 rings (SSSR count). The topological polar surface area (TPSA) is 120 Å². The minimum absolute atomic E-state index is 0.0663. The first-order valence-electron chi connectivity index (χ1n) is 7.99. The van der Waals surface area contributed by atoms with Gasteiger partial charge in [-0.25, -0.2) is 8.42 Å². The van der Waals surface area contributed by atoms with E-state index in [0.717, 1.165) is 0 Å². The summed E-state index contributed by atoms with van der Waals surface area (Å²) in [4.78, 5) is 12.0. The first-order valence-corrected chi connectivity index (χ1v) is 9.48. The lowest BCUT2D eigenvalue weighted by molar-refractivity contribution is 0.101. The third kappa shape index (κ3) is 4.23. The van der Waals surface area contributed by atoms with Gasteiger partial charge in [0.1, 0.15) is 22.7 Å². The molecule has 3 aromatic rings. The van der Waals surface area contributed by atoms with E-state index in [4.69, 9.17) is 9.47 Å². The predicted molar refractivity (Wildman–Crippen MR) is 101 cm³/mol. The van der Waals surface area contributed by atoms with Gasteiger partial charge in [-0.05, 0) is 42.5 Å². The third-order valence-electron chi connectivity index (χ3n) is 3.72. The van der Waals surface area contributed by atoms with E-state index < -0.39 is 15.9 Å². The number of anilines is 2. The molecule has 2 N–H and O–H groups in total. The first kappa shape index (κ1) is 19.2. The van der Waals surface area contributed by atoms with Gasteiger partial charge in [0.05, 0.1) is 14.2 Å². The molecule has 9 nitrogen and oxygen atoms in total. The van der Waals surface area contributed by atoms with Crippen LogP contribution < -0.4 is 19.5 Å². The van der Waals surface area contributed by atoms with Crippen LogP contribution in [0.5, 0.6) is 11.5 Å². The van der Waals surface area contributed by atoms with Crippen LogP contribution in [0.1, 0.15) is 10.5 Å². The van der Waals surface area contributed by atoms with Crippen LogP contribution in [-0.4, -0.2) is 33.7 Å². The number of methoxy groups -OCH3 is 2. The summed E-state index contributed by atoms with van der Waals surface area (Å²) < 4.78 is 43.0. The highest BCUT2D eigenvalue weighted by Gasteiger charge is 2.21. The van der Waals surface area contributed by atoms with Gasteiger partial charge in [-0.3, -0.25) is 9.52 Å². The predicted octanol–water partition coefficient (Wildman–Crippen LogP) is 2.74. The van der Waals surface area contributed by atoms with Crippen LogP contribution in [0.4, 0.5) is 11.4 Å². The fourth-order valence-corrected chi connectivity index (χ4v) is 3.61. The number of nitrogens with zero attached hydrogens (tertiary/aromatic N) is 1. The molecular weight excluding hydrogens is 386 g/mol. The van der Waals surface area contributed by atoms with Crippen molar-refractivity contribution in [3.05, 3.63) is 60.5 Å². The van der Waals surface area contributed by atoms with Gasteiger partial charge in [0.25, 0.3) is 15.9 Å². The van der Waals surface area contributed by atoms with Crippen molar-refractivity contribution < 1.29 is 27.2 Å². The number of amides is 1. The number of benzene rings is 2. The molecule has 28 heavy (non-hydrogen) atoms. The van der Waals surface area contributed by atoms with E-state index >= 15 is 0 Å². The second-order valence-electron chi connectivity index (χ2n) is 5.54. The number of nitrogens with one attached hydrogen (secondary N) is 2. The van der Waals surface area contributed by atoms with Gasteiger partial charge in [0.2, 0.25) is 0 Å². The number of rotatable bonds is 7. The van der Waals surface area contributed by atoms with Crippen molar-refractivity contribution in [3.63, 3.8) is 0 Å². The SMILES string of the molecule is COc1ccc(NS(=O)(=O)c2cc(NC(=O)c3ccon3)ccc2OC)cc1. The van der Waals surface area contributed by atoms with Gasteiger partial charge in [-0.2, -0.15) is 0 Å². The largest absolute Gasteiger partial charge is 0.497 e. The van der Waals surface area contributed by atoms with E-state index in [0.29, 0.717) is 11.4 Å². The Labute approximate surface area is 161 Å². The summed E-state index contributed by atoms with van der Waals surface area (Å²) in [6.07, 6.45) is 1.26. The van der Waals surface area contributed by atoms with Crippen LogP contribution in [0.2, 0.25) is 0 Å². The van der Waals surface area contributed by atoms with Crippen LogP contribution in [0.3, 0.4) is 0 Å². The molecule has 0 saturated heterocycles. The summed E-state index contributed by atoms with van der Waals surface area (Å²) >= 11 is 0. The zero-order valence-corrected chi connectivity index (χ0v) is 15.8. The Kier molecular flexibility index (Phi) is 5.50. The molecule has 146 valence electrons. The van der Waals surface area contributed by atoms with E-state index in [2.05, 4.69) is 19.7 Å². The summed E-state index contributed by atoms with van der Waals surface area (Å²) in [5.74, 6) is 0.184. The molecule has 0 aliphatic carbocycles. The standard InChI is InChI=1S/C18H17N3O6S/c1-25-14-6-3-12(4-7-14)21-28(23,24)17-11-13(5-8-16(17)26-2)19-18(22)15-9-10-27-20-15/h3-11,21H,1-2H3,(H,19,22). The molecule has 10 heteroatoms. The summed E-state index contributed by atoms with van der Waals surface area (Å²) in [5.41, 5.74) is 0.667. The molecule has 0 fully saturated rings. The van der Waals surface area contributed by atoms with Crippen LogP contribution in [0.15, 0.2) is 64.2 Å². The molecule has 0 radical (unpaired) electrons. The van der Waals surface area contributed by atoms with Gasteiger partial charge in [0.15, 0.2) is 5.69 Å². The number of carbonyl (C=O) groups is 1. The average Bonchev–Trinajstić information content (AvgIpc) is 3.23. The maximum absolute atomic E-state index is 12.8. The molecule has 1 aromatic heterocycles. The number of carbonyl (C=O) groups excluding carboxylic acids is 1. The smallest absolute Gasteiger partial charge is 0.277 e. The Bertz CT molecular complexity index is 1060. The van der Waals surface area contributed by atoms with Crippen molar-refractivity contribution in [1.82, 2.24) is 5.16 Å². The molecule has 0 saturated carbocycles. The van der Waals surface area contributed by atoms with Crippen LogP contribution in [0.25, 0.3) is 0 Å². The van der Waals surface area contributed by atoms with Crippen molar-refractivity contribution in [2.75, 3.05) is 24.3 Å². The van der Waals surface area contributed by atoms with E-state index in [1.165, 1.54) is 44.7 Å². The van der Waals surface area contributed by atoms with E-state index in [1.807, 2.05) is 0 Å². The van der Waals surface area contributed by atoms with Gasteiger partial charge in [0, 0.05) is 17.4 Å². The van der Waals surface area contributed by atoms with Crippen molar-refractivity contribution in [2.24, 2.45) is 0 Å². The highest BCUT2D eigenvalue weighted by atomic mass is 32.2. The second-order valence-corrected chi connectivity index (χ2v) is 7.19. The third-order valence-corrected chi connectivity index (χ3v) is 5.13. The molecule has 1 heterocycles. The van der Waals surface area contributed by atoms with E-state index in [9.17, 15) is 13.2 Å². The number of sulfonamides is 1. The first-order chi connectivity index (χ1) is 13.4. The quantitative estimate of drug-likeness (QED) is 0.622. The summed E-state index contributed by atoms with van der Waals surface area (Å²) in [6.45, 7) is 0. The minimum Gasteiger partial charge on any atom is -0.497 e. The molecule has 1 amide bonds. The van der Waals surface area contributed by atoms with Crippen molar-refractivity contribution in [3.8, 4) is 11.5 Å². The molecule has 0 atom stereocenters. The lowest BCUT2D eigenvalue weighted by Gasteiger charge is -2.13. The average molecular weight is 403 g/mol. The second kappa shape index (κ2) is 8.01. The van der Waals surface area contributed by atoms with Gasteiger partial charge in [-0.1, -0.05) is 5.16 Å². The van der Waals surface area contributed by atoms with Crippen molar-refractivity contribution in [1.29, 1.82) is 0 Å². The number of hydrogen-bond acceptors (Lipinski definition) is 7. The fourth-order valence-electron chi connectivity index (χ4n) is 2.36. The molecule has 0 unspecified atom stereocenters. The summed E-state index contributed by atoms with van der Waals surface area (Å²) in [6, 6.07) is 12.0. The van der Waals surface area contributed by atoms with Crippen LogP contribution in [0, 0.1) is 0 Å². The molecule has 0 aliphatic heterocycles. The molecular formula is C18H17N3O6S. The van der Waals surface area contributed by atoms with Gasteiger partial charge >= 0.3 is 0 Å². The normalized spacial score (nSPS) is 10.9. The highest BCUT2D eigenvalue weighted by Crippen LogP contribution is 2.29. The lowest BCUT2D eigenvalue weighted by atomic mass is 10.3. The van der Waals surface area contributed by atoms with E-state index in [1.54, 1.807) is 24.3 Å². The fraction of sp³-hybridized carbons (Fsp3) is 0.111.